The van der Waals surface area contributed by atoms with E-state index in [9.17, 15) is 9.59 Å². The van der Waals surface area contributed by atoms with E-state index in [1.165, 1.54) is 43.2 Å². The number of nitrogens with zero attached hydrogens (tertiary/aromatic N) is 1. The van der Waals surface area contributed by atoms with Gasteiger partial charge in [0.25, 0.3) is 0 Å². The molecule has 1 aromatic carbocycles. The molecule has 1 amide bonds. The summed E-state index contributed by atoms with van der Waals surface area (Å²) in [5.74, 6) is 0.904. The summed E-state index contributed by atoms with van der Waals surface area (Å²) in [6.45, 7) is 5.74. The van der Waals surface area contributed by atoms with Crippen molar-refractivity contribution in [2.75, 3.05) is 13.1 Å². The molecule has 0 unspecified atom stereocenters. The van der Waals surface area contributed by atoms with E-state index in [2.05, 4.69) is 50.3 Å². The van der Waals surface area contributed by atoms with Gasteiger partial charge >= 0.3 is 0 Å². The van der Waals surface area contributed by atoms with Crippen molar-refractivity contribution in [1.82, 2.24) is 4.90 Å². The molecule has 4 nitrogen and oxygen atoms in total. The third-order valence-electron chi connectivity index (χ3n) is 9.14. The largest absolute Gasteiger partial charge is 0.342 e. The highest BCUT2D eigenvalue weighted by Gasteiger charge is 2.41. The molecule has 1 aromatic rings. The lowest BCUT2D eigenvalue weighted by Gasteiger charge is -2.41. The fourth-order valence-electron chi connectivity index (χ4n) is 6.47. The number of hydrogen-bond acceptors (Lipinski definition) is 3. The van der Waals surface area contributed by atoms with Crippen molar-refractivity contribution in [3.05, 3.63) is 41.5 Å². The number of benzene rings is 1. The molecular weight excluding hydrogens is 420 g/mol. The highest BCUT2D eigenvalue weighted by atomic mass is 16.2. The van der Waals surface area contributed by atoms with Crippen LogP contribution in [0.15, 0.2) is 30.3 Å². The molecule has 2 N–H and O–H groups in total. The van der Waals surface area contributed by atoms with Crippen LogP contribution in [0.2, 0.25) is 0 Å². The average Bonchev–Trinajstić information content (AvgIpc) is 3.23. The molecule has 2 aliphatic carbocycles. The molecule has 4 rings (SSSR count). The zero-order valence-corrected chi connectivity index (χ0v) is 21.3. The molecular formula is C30H44N2O2. The first kappa shape index (κ1) is 25.2. The number of piperidine rings is 1. The molecule has 0 bridgehead atoms. The van der Waals surface area contributed by atoms with E-state index in [0.29, 0.717) is 6.42 Å². The maximum absolute atomic E-state index is 13.6. The van der Waals surface area contributed by atoms with Crippen molar-refractivity contribution in [1.29, 1.82) is 0 Å². The fraction of sp³-hybridized carbons (Fsp3) is 0.667. The normalized spacial score (nSPS) is 22.4. The Morgan fingerprint density at radius 1 is 1.12 bits per heavy atom. The van der Waals surface area contributed by atoms with Gasteiger partial charge in [0.2, 0.25) is 5.91 Å². The molecule has 186 valence electrons. The molecule has 4 heteroatoms. The summed E-state index contributed by atoms with van der Waals surface area (Å²) in [5, 5.41) is 0. The Morgan fingerprint density at radius 3 is 2.53 bits per heavy atom. The Labute approximate surface area is 206 Å². The van der Waals surface area contributed by atoms with E-state index in [1.807, 2.05) is 4.90 Å². The summed E-state index contributed by atoms with van der Waals surface area (Å²) < 4.78 is 0. The summed E-state index contributed by atoms with van der Waals surface area (Å²) in [4.78, 5) is 28.7. The zero-order chi connectivity index (χ0) is 24.1. The van der Waals surface area contributed by atoms with Gasteiger partial charge in [0.1, 0.15) is 5.78 Å². The van der Waals surface area contributed by atoms with Crippen molar-refractivity contribution in [3.63, 3.8) is 0 Å². The van der Waals surface area contributed by atoms with Crippen LogP contribution in [0.3, 0.4) is 0 Å². The summed E-state index contributed by atoms with van der Waals surface area (Å²) in [7, 11) is 0. The van der Waals surface area contributed by atoms with Crippen molar-refractivity contribution >= 4 is 17.8 Å². The second-order valence-corrected chi connectivity index (χ2v) is 11.3. The number of rotatable bonds is 9. The van der Waals surface area contributed by atoms with Gasteiger partial charge in [-0.05, 0) is 48.6 Å². The fourth-order valence-corrected chi connectivity index (χ4v) is 6.47. The van der Waals surface area contributed by atoms with Crippen LogP contribution >= 0.6 is 0 Å². The minimum Gasteiger partial charge on any atom is -0.342 e. The molecule has 2 fully saturated rings. The highest BCUT2D eigenvalue weighted by molar-refractivity contribution is 5.90. The first-order chi connectivity index (χ1) is 16.4. The Morgan fingerprint density at radius 2 is 1.82 bits per heavy atom. The zero-order valence-electron chi connectivity index (χ0n) is 21.3. The van der Waals surface area contributed by atoms with Crippen LogP contribution in [-0.4, -0.2) is 35.7 Å². The van der Waals surface area contributed by atoms with Crippen LogP contribution in [0.25, 0.3) is 6.08 Å². The Hall–Kier alpha value is -1.94. The third-order valence-corrected chi connectivity index (χ3v) is 9.14. The molecule has 1 saturated heterocycles. The van der Waals surface area contributed by atoms with Crippen LogP contribution in [0.1, 0.15) is 95.6 Å². The van der Waals surface area contributed by atoms with Crippen LogP contribution in [-0.2, 0) is 15.0 Å². The maximum Gasteiger partial charge on any atom is 0.226 e. The minimum atomic E-state index is -0.425. The van der Waals surface area contributed by atoms with E-state index in [0.717, 1.165) is 51.1 Å². The number of nitrogens with two attached hydrogens (primary N) is 1. The highest BCUT2D eigenvalue weighted by Crippen LogP contribution is 2.44. The molecule has 1 aliphatic heterocycles. The van der Waals surface area contributed by atoms with E-state index < -0.39 is 6.04 Å². The van der Waals surface area contributed by atoms with Gasteiger partial charge in [-0.15, -0.1) is 0 Å². The van der Waals surface area contributed by atoms with E-state index >= 15 is 0 Å². The van der Waals surface area contributed by atoms with E-state index in [-0.39, 0.29) is 28.9 Å². The van der Waals surface area contributed by atoms with Gasteiger partial charge in [0.05, 0.1) is 6.04 Å². The first-order valence-corrected chi connectivity index (χ1v) is 13.8. The number of carbonyl (C=O) groups is 2. The minimum absolute atomic E-state index is 0.0660. The Balaban J connectivity index is 1.34. The lowest BCUT2D eigenvalue weighted by atomic mass is 9.74. The molecule has 0 radical (unpaired) electrons. The lowest BCUT2D eigenvalue weighted by molar-refractivity contribution is -0.141. The lowest BCUT2D eigenvalue weighted by Crippen LogP contribution is -2.48. The molecule has 3 aliphatic rings. The van der Waals surface area contributed by atoms with Gasteiger partial charge < -0.3 is 10.6 Å². The standard InChI is InChI=1S/C30H44N2O2/c1-3-22(2)25(21-28(33)27(31)14-13-23-9-5-4-6-10-23)29(34)32-19-17-30(18-20-32)16-15-24-11-7-8-12-26(24)30/h7-8,11-12,15-16,22-23,25,27H,3-6,9-10,13-14,17-21,31H2,1-2H3/t22-,25-,27-/m0/s1. The number of ketones is 1. The van der Waals surface area contributed by atoms with Gasteiger partial charge in [-0.25, -0.2) is 0 Å². The summed E-state index contributed by atoms with van der Waals surface area (Å²) in [5.41, 5.74) is 9.13. The van der Waals surface area contributed by atoms with Crippen molar-refractivity contribution < 1.29 is 9.59 Å². The van der Waals surface area contributed by atoms with Crippen molar-refractivity contribution in [2.24, 2.45) is 23.5 Å². The first-order valence-electron chi connectivity index (χ1n) is 13.8. The van der Waals surface area contributed by atoms with Crippen LogP contribution < -0.4 is 5.73 Å². The quantitative estimate of drug-likeness (QED) is 0.496. The predicted octanol–water partition coefficient (Wildman–Crippen LogP) is 5.88. The van der Waals surface area contributed by atoms with Crippen molar-refractivity contribution in [2.45, 2.75) is 95.9 Å². The van der Waals surface area contributed by atoms with Gasteiger partial charge in [-0.1, -0.05) is 88.8 Å². The SMILES string of the molecule is CC[C@H](C)[C@H](CC(=O)[C@@H](N)CCC1CCCCC1)C(=O)N1CCC2(C=Cc3ccccc32)CC1. The smallest absolute Gasteiger partial charge is 0.226 e. The van der Waals surface area contributed by atoms with Gasteiger partial charge in [0, 0.05) is 30.8 Å². The summed E-state index contributed by atoms with van der Waals surface area (Å²) in [6, 6.07) is 8.20. The maximum atomic E-state index is 13.6. The molecule has 1 heterocycles. The number of amides is 1. The van der Waals surface area contributed by atoms with Crippen molar-refractivity contribution in [3.8, 4) is 0 Å². The number of Topliss-reactive ketones (excluding diaryl/α,β-unsaturated/α-hetero) is 1. The molecule has 1 saturated carbocycles. The Kier molecular flexibility index (Phi) is 8.29. The predicted molar refractivity (Wildman–Crippen MR) is 139 cm³/mol. The molecule has 1 spiro atoms. The second-order valence-electron chi connectivity index (χ2n) is 11.3. The number of fused-ring (bicyclic) bond motifs is 2. The molecule has 3 atom stereocenters. The number of likely N-dealkylation sites (tertiary alicyclic amines) is 1. The van der Waals surface area contributed by atoms with Crippen LogP contribution in [0.4, 0.5) is 0 Å². The Bertz CT molecular complexity index is 878. The number of hydrogen-bond donors (Lipinski definition) is 1. The number of carbonyl (C=O) groups excluding carboxylic acids is 2. The van der Waals surface area contributed by atoms with Crippen LogP contribution in [0.5, 0.6) is 0 Å². The average molecular weight is 465 g/mol. The second kappa shape index (κ2) is 11.2. The topological polar surface area (TPSA) is 63.4 Å². The monoisotopic (exact) mass is 464 g/mol. The third kappa shape index (κ3) is 5.48. The van der Waals surface area contributed by atoms with Crippen LogP contribution in [0, 0.1) is 17.8 Å². The van der Waals surface area contributed by atoms with E-state index in [1.54, 1.807) is 0 Å². The number of allylic oxidation sites excluding steroid dienone is 1. The van der Waals surface area contributed by atoms with E-state index in [4.69, 9.17) is 5.73 Å². The molecule has 0 aromatic heterocycles. The summed E-state index contributed by atoms with van der Waals surface area (Å²) in [6.07, 6.45) is 16.1. The van der Waals surface area contributed by atoms with Gasteiger partial charge in [-0.3, -0.25) is 9.59 Å². The van der Waals surface area contributed by atoms with Gasteiger partial charge in [0.15, 0.2) is 0 Å². The molecule has 34 heavy (non-hydrogen) atoms. The van der Waals surface area contributed by atoms with Gasteiger partial charge in [-0.2, -0.15) is 0 Å². The summed E-state index contributed by atoms with van der Waals surface area (Å²) >= 11 is 0.